The summed E-state index contributed by atoms with van der Waals surface area (Å²) in [6.07, 6.45) is 6.91. The van der Waals surface area contributed by atoms with E-state index >= 15 is 0 Å². The molecule has 1 aromatic rings. The van der Waals surface area contributed by atoms with E-state index < -0.39 is 5.60 Å². The maximum atomic E-state index is 12.3. The number of ether oxygens (including phenoxy) is 2. The SMILES string of the molecule is CC(C)(C)OC(=O)N1CCCCC1COCC(=O)c1cnccn1. The fraction of sp³-hybridized carbons (Fsp3) is 0.647. The van der Waals surface area contributed by atoms with Crippen LogP contribution in [0.5, 0.6) is 0 Å². The summed E-state index contributed by atoms with van der Waals surface area (Å²) < 4.78 is 11.0. The van der Waals surface area contributed by atoms with E-state index in [4.69, 9.17) is 9.47 Å². The van der Waals surface area contributed by atoms with Gasteiger partial charge >= 0.3 is 6.09 Å². The molecule has 1 aromatic heterocycles. The number of carbonyl (C=O) groups excluding carboxylic acids is 2. The van der Waals surface area contributed by atoms with Crippen molar-refractivity contribution in [3.8, 4) is 0 Å². The molecule has 0 saturated carbocycles. The van der Waals surface area contributed by atoms with Gasteiger partial charge in [-0.3, -0.25) is 9.78 Å². The normalized spacial score (nSPS) is 18.3. The molecule has 7 nitrogen and oxygen atoms in total. The van der Waals surface area contributed by atoms with E-state index in [0.717, 1.165) is 19.3 Å². The molecule has 0 N–H and O–H groups in total. The molecule has 1 fully saturated rings. The van der Waals surface area contributed by atoms with Gasteiger partial charge in [-0.05, 0) is 40.0 Å². The van der Waals surface area contributed by atoms with Crippen molar-refractivity contribution in [2.75, 3.05) is 19.8 Å². The van der Waals surface area contributed by atoms with Gasteiger partial charge in [-0.25, -0.2) is 9.78 Å². The van der Waals surface area contributed by atoms with Gasteiger partial charge in [0.05, 0.1) is 18.8 Å². The van der Waals surface area contributed by atoms with Crippen LogP contribution in [0.3, 0.4) is 0 Å². The smallest absolute Gasteiger partial charge is 0.410 e. The highest BCUT2D eigenvalue weighted by atomic mass is 16.6. The monoisotopic (exact) mass is 335 g/mol. The van der Waals surface area contributed by atoms with Crippen molar-refractivity contribution < 1.29 is 19.1 Å². The Kier molecular flexibility index (Phi) is 6.25. The molecule has 0 bridgehead atoms. The zero-order chi connectivity index (χ0) is 17.6. The zero-order valence-corrected chi connectivity index (χ0v) is 14.5. The van der Waals surface area contributed by atoms with E-state index in [9.17, 15) is 9.59 Å². The Morgan fingerprint density at radius 2 is 2.08 bits per heavy atom. The van der Waals surface area contributed by atoms with Gasteiger partial charge in [0.15, 0.2) is 0 Å². The lowest BCUT2D eigenvalue weighted by Crippen LogP contribution is -2.48. The van der Waals surface area contributed by atoms with E-state index in [1.54, 1.807) is 4.90 Å². The number of Topliss-reactive ketones (excluding diaryl/α,β-unsaturated/α-hetero) is 1. The number of likely N-dealkylation sites (tertiary alicyclic amines) is 1. The Hall–Kier alpha value is -2.02. The van der Waals surface area contributed by atoms with Crippen LogP contribution in [0.25, 0.3) is 0 Å². The van der Waals surface area contributed by atoms with Gasteiger partial charge in [0.25, 0.3) is 0 Å². The lowest BCUT2D eigenvalue weighted by molar-refractivity contribution is -0.00625. The summed E-state index contributed by atoms with van der Waals surface area (Å²) in [5.74, 6) is -0.220. The molecule has 1 aliphatic heterocycles. The number of carbonyl (C=O) groups is 2. The van der Waals surface area contributed by atoms with Crippen molar-refractivity contribution in [2.45, 2.75) is 51.7 Å². The first-order valence-corrected chi connectivity index (χ1v) is 8.23. The molecule has 0 aliphatic carbocycles. The van der Waals surface area contributed by atoms with Crippen LogP contribution in [0.2, 0.25) is 0 Å². The average molecular weight is 335 g/mol. The Morgan fingerprint density at radius 1 is 1.29 bits per heavy atom. The van der Waals surface area contributed by atoms with E-state index in [1.165, 1.54) is 18.6 Å². The Morgan fingerprint density at radius 3 is 2.75 bits per heavy atom. The van der Waals surface area contributed by atoms with E-state index in [1.807, 2.05) is 20.8 Å². The van der Waals surface area contributed by atoms with Crippen molar-refractivity contribution in [2.24, 2.45) is 0 Å². The number of hydrogen-bond acceptors (Lipinski definition) is 6. The summed E-state index contributed by atoms with van der Waals surface area (Å²) in [4.78, 5) is 33.8. The van der Waals surface area contributed by atoms with E-state index in [2.05, 4.69) is 9.97 Å². The summed E-state index contributed by atoms with van der Waals surface area (Å²) in [6.45, 7) is 6.43. The molecule has 1 saturated heterocycles. The second-order valence-corrected chi connectivity index (χ2v) is 6.85. The first kappa shape index (κ1) is 18.3. The first-order valence-electron chi connectivity index (χ1n) is 8.23. The summed E-state index contributed by atoms with van der Waals surface area (Å²) >= 11 is 0. The number of rotatable bonds is 5. The average Bonchev–Trinajstić information content (AvgIpc) is 2.54. The number of amides is 1. The Labute approximate surface area is 142 Å². The third kappa shape index (κ3) is 5.56. The van der Waals surface area contributed by atoms with Gasteiger partial charge in [-0.15, -0.1) is 0 Å². The third-order valence-corrected chi connectivity index (χ3v) is 3.65. The fourth-order valence-corrected chi connectivity index (χ4v) is 2.54. The van der Waals surface area contributed by atoms with Crippen LogP contribution in [-0.4, -0.2) is 58.1 Å². The number of hydrogen-bond donors (Lipinski definition) is 0. The van der Waals surface area contributed by atoms with Gasteiger partial charge in [-0.2, -0.15) is 0 Å². The van der Waals surface area contributed by atoms with Gasteiger partial charge < -0.3 is 14.4 Å². The molecule has 0 spiro atoms. The van der Waals surface area contributed by atoms with Crippen molar-refractivity contribution in [1.82, 2.24) is 14.9 Å². The standard InChI is InChI=1S/C17H25N3O4/c1-17(2,3)24-16(22)20-9-5-4-6-13(20)11-23-12-15(21)14-10-18-7-8-19-14/h7-8,10,13H,4-6,9,11-12H2,1-3H3. The minimum Gasteiger partial charge on any atom is -0.444 e. The molecule has 0 radical (unpaired) electrons. The summed E-state index contributed by atoms with van der Waals surface area (Å²) in [5.41, 5.74) is -0.243. The third-order valence-electron chi connectivity index (χ3n) is 3.65. The lowest BCUT2D eigenvalue weighted by Gasteiger charge is -2.36. The lowest BCUT2D eigenvalue weighted by atomic mass is 10.0. The quantitative estimate of drug-likeness (QED) is 0.769. The van der Waals surface area contributed by atoms with Crippen LogP contribution in [0.15, 0.2) is 18.6 Å². The molecule has 132 valence electrons. The maximum Gasteiger partial charge on any atom is 0.410 e. The Balaban J connectivity index is 1.85. The van der Waals surface area contributed by atoms with Crippen molar-refractivity contribution in [3.63, 3.8) is 0 Å². The topological polar surface area (TPSA) is 81.6 Å². The molecule has 0 aromatic carbocycles. The molecular weight excluding hydrogens is 310 g/mol. The number of piperidine rings is 1. The van der Waals surface area contributed by atoms with Crippen LogP contribution >= 0.6 is 0 Å². The summed E-state index contributed by atoms with van der Waals surface area (Å²) in [6, 6.07) is -0.0664. The highest BCUT2D eigenvalue weighted by molar-refractivity contribution is 5.94. The molecule has 1 unspecified atom stereocenters. The van der Waals surface area contributed by atoms with Gasteiger partial charge in [0, 0.05) is 18.9 Å². The van der Waals surface area contributed by atoms with E-state index in [-0.39, 0.29) is 30.2 Å². The molecular formula is C17H25N3O4. The molecule has 1 aliphatic rings. The van der Waals surface area contributed by atoms with E-state index in [0.29, 0.717) is 13.2 Å². The molecule has 24 heavy (non-hydrogen) atoms. The van der Waals surface area contributed by atoms with Crippen LogP contribution in [0.4, 0.5) is 4.79 Å². The van der Waals surface area contributed by atoms with Gasteiger partial charge in [0.2, 0.25) is 5.78 Å². The summed E-state index contributed by atoms with van der Waals surface area (Å²) in [5, 5.41) is 0. The van der Waals surface area contributed by atoms with Crippen LogP contribution < -0.4 is 0 Å². The first-order chi connectivity index (χ1) is 11.4. The molecule has 2 rings (SSSR count). The second kappa shape index (κ2) is 8.19. The maximum absolute atomic E-state index is 12.3. The van der Waals surface area contributed by atoms with Crippen molar-refractivity contribution in [3.05, 3.63) is 24.3 Å². The molecule has 2 heterocycles. The summed E-state index contributed by atoms with van der Waals surface area (Å²) in [7, 11) is 0. The molecule has 1 atom stereocenters. The molecule has 7 heteroatoms. The Bertz CT molecular complexity index is 557. The predicted octanol–water partition coefficient (Wildman–Crippen LogP) is 2.47. The minimum atomic E-state index is -0.526. The van der Waals surface area contributed by atoms with Gasteiger partial charge in [0.1, 0.15) is 17.9 Å². The predicted molar refractivity (Wildman–Crippen MR) is 87.8 cm³/mol. The second-order valence-electron chi connectivity index (χ2n) is 6.85. The highest BCUT2D eigenvalue weighted by Gasteiger charge is 2.30. The number of aromatic nitrogens is 2. The van der Waals surface area contributed by atoms with Gasteiger partial charge in [-0.1, -0.05) is 0 Å². The molecule has 1 amide bonds. The number of nitrogens with zero attached hydrogens (tertiary/aromatic N) is 3. The largest absolute Gasteiger partial charge is 0.444 e. The van der Waals surface area contributed by atoms with Crippen LogP contribution in [-0.2, 0) is 9.47 Å². The minimum absolute atomic E-state index is 0.0664. The van der Waals surface area contributed by atoms with Crippen LogP contribution in [0.1, 0.15) is 50.5 Å². The fourth-order valence-electron chi connectivity index (χ4n) is 2.54. The highest BCUT2D eigenvalue weighted by Crippen LogP contribution is 2.20. The number of ketones is 1. The van der Waals surface area contributed by atoms with Crippen molar-refractivity contribution >= 4 is 11.9 Å². The zero-order valence-electron chi connectivity index (χ0n) is 14.5. The van der Waals surface area contributed by atoms with Crippen LogP contribution in [0, 0.1) is 0 Å². The van der Waals surface area contributed by atoms with Crippen molar-refractivity contribution in [1.29, 1.82) is 0 Å².